The molecule has 1 aromatic rings. The standard InChI is InChI=1S/C11H13BrO2/c1-2-8(7-13)11(14)9-5-3-4-6-10(9)12/h3-6,8,13H,2,7H2,1H3. The summed E-state index contributed by atoms with van der Waals surface area (Å²) >= 11 is 3.32. The second-order valence-electron chi connectivity index (χ2n) is 3.13. The Bertz CT molecular complexity index is 319. The lowest BCUT2D eigenvalue weighted by Crippen LogP contribution is -2.18. The monoisotopic (exact) mass is 256 g/mol. The zero-order valence-electron chi connectivity index (χ0n) is 8.03. The molecule has 2 nitrogen and oxygen atoms in total. The first-order valence-corrected chi connectivity index (χ1v) is 5.39. The number of benzene rings is 1. The fourth-order valence-corrected chi connectivity index (χ4v) is 1.76. The Morgan fingerprint density at radius 1 is 1.50 bits per heavy atom. The van der Waals surface area contributed by atoms with E-state index in [9.17, 15) is 4.79 Å². The molecule has 1 unspecified atom stereocenters. The molecule has 0 radical (unpaired) electrons. The minimum atomic E-state index is -0.284. The van der Waals surface area contributed by atoms with Crippen LogP contribution in [0.15, 0.2) is 28.7 Å². The number of carbonyl (C=O) groups excluding carboxylic acids is 1. The highest BCUT2D eigenvalue weighted by molar-refractivity contribution is 9.10. The van der Waals surface area contributed by atoms with Crippen molar-refractivity contribution >= 4 is 21.7 Å². The minimum Gasteiger partial charge on any atom is -0.396 e. The summed E-state index contributed by atoms with van der Waals surface area (Å²) in [6.07, 6.45) is 0.663. The molecule has 0 spiro atoms. The van der Waals surface area contributed by atoms with Crippen molar-refractivity contribution in [2.24, 2.45) is 5.92 Å². The number of halogens is 1. The van der Waals surface area contributed by atoms with Crippen LogP contribution in [-0.2, 0) is 0 Å². The minimum absolute atomic E-state index is 0.00229. The fraction of sp³-hybridized carbons (Fsp3) is 0.364. The van der Waals surface area contributed by atoms with Gasteiger partial charge < -0.3 is 5.11 Å². The van der Waals surface area contributed by atoms with Gasteiger partial charge in [-0.25, -0.2) is 0 Å². The summed E-state index contributed by atoms with van der Waals surface area (Å²) < 4.78 is 0.789. The van der Waals surface area contributed by atoms with Crippen molar-refractivity contribution in [3.8, 4) is 0 Å². The summed E-state index contributed by atoms with van der Waals surface area (Å²) in [6, 6.07) is 7.28. The molecule has 0 saturated carbocycles. The molecule has 14 heavy (non-hydrogen) atoms. The molecule has 0 bridgehead atoms. The van der Waals surface area contributed by atoms with Crippen LogP contribution in [-0.4, -0.2) is 17.5 Å². The van der Waals surface area contributed by atoms with Gasteiger partial charge in [-0.3, -0.25) is 4.79 Å². The van der Waals surface area contributed by atoms with Gasteiger partial charge in [-0.15, -0.1) is 0 Å². The Balaban J connectivity index is 2.94. The van der Waals surface area contributed by atoms with Crippen molar-refractivity contribution in [3.05, 3.63) is 34.3 Å². The molecule has 1 aromatic carbocycles. The summed E-state index contributed by atoms with van der Waals surface area (Å²) in [5.74, 6) is -0.281. The smallest absolute Gasteiger partial charge is 0.169 e. The Hall–Kier alpha value is -0.670. The second kappa shape index (κ2) is 5.27. The van der Waals surface area contributed by atoms with E-state index in [1.54, 1.807) is 6.07 Å². The number of rotatable bonds is 4. The van der Waals surface area contributed by atoms with E-state index < -0.39 is 0 Å². The Kier molecular flexibility index (Phi) is 4.29. The van der Waals surface area contributed by atoms with E-state index in [1.807, 2.05) is 25.1 Å². The SMILES string of the molecule is CCC(CO)C(=O)c1ccccc1Br. The lowest BCUT2D eigenvalue weighted by atomic mass is 9.96. The van der Waals surface area contributed by atoms with Crippen LogP contribution in [0.5, 0.6) is 0 Å². The van der Waals surface area contributed by atoms with Gasteiger partial charge in [-0.1, -0.05) is 41.1 Å². The Morgan fingerprint density at radius 2 is 2.14 bits per heavy atom. The van der Waals surface area contributed by atoms with Gasteiger partial charge in [-0.2, -0.15) is 0 Å². The summed E-state index contributed by atoms with van der Waals surface area (Å²) in [5.41, 5.74) is 0.647. The molecule has 76 valence electrons. The van der Waals surface area contributed by atoms with Crippen LogP contribution in [0.2, 0.25) is 0 Å². The fourth-order valence-electron chi connectivity index (χ4n) is 1.28. The van der Waals surface area contributed by atoms with E-state index >= 15 is 0 Å². The van der Waals surface area contributed by atoms with Gasteiger partial charge in [0.2, 0.25) is 0 Å². The van der Waals surface area contributed by atoms with Crippen LogP contribution in [0.4, 0.5) is 0 Å². The third kappa shape index (κ3) is 2.42. The van der Waals surface area contributed by atoms with Crippen LogP contribution < -0.4 is 0 Å². The first-order valence-electron chi connectivity index (χ1n) is 4.60. The first kappa shape index (κ1) is 11.4. The highest BCUT2D eigenvalue weighted by Gasteiger charge is 2.18. The number of ketones is 1. The van der Waals surface area contributed by atoms with Crippen molar-refractivity contribution in [2.45, 2.75) is 13.3 Å². The van der Waals surface area contributed by atoms with Crippen LogP contribution in [0.1, 0.15) is 23.7 Å². The van der Waals surface area contributed by atoms with Gasteiger partial charge in [0.25, 0.3) is 0 Å². The van der Waals surface area contributed by atoms with E-state index in [0.29, 0.717) is 12.0 Å². The van der Waals surface area contributed by atoms with Crippen LogP contribution in [0, 0.1) is 5.92 Å². The number of hydrogen-bond acceptors (Lipinski definition) is 2. The summed E-state index contributed by atoms with van der Waals surface area (Å²) in [6.45, 7) is 1.81. The molecular weight excluding hydrogens is 244 g/mol. The molecule has 1 N–H and O–H groups in total. The lowest BCUT2D eigenvalue weighted by Gasteiger charge is -2.11. The third-order valence-corrected chi connectivity index (χ3v) is 2.91. The molecule has 0 aliphatic heterocycles. The molecule has 0 saturated heterocycles. The average molecular weight is 257 g/mol. The van der Waals surface area contributed by atoms with Crippen LogP contribution >= 0.6 is 15.9 Å². The number of aliphatic hydroxyl groups is 1. The van der Waals surface area contributed by atoms with Gasteiger partial charge >= 0.3 is 0 Å². The van der Waals surface area contributed by atoms with E-state index in [0.717, 1.165) is 4.47 Å². The van der Waals surface area contributed by atoms with Crippen molar-refractivity contribution in [3.63, 3.8) is 0 Å². The van der Waals surface area contributed by atoms with Gasteiger partial charge in [0.05, 0.1) is 6.61 Å². The molecule has 1 atom stereocenters. The van der Waals surface area contributed by atoms with Gasteiger partial charge in [0, 0.05) is 16.0 Å². The molecular formula is C11H13BrO2. The zero-order chi connectivity index (χ0) is 10.6. The molecule has 0 fully saturated rings. The van der Waals surface area contributed by atoms with Crippen LogP contribution in [0.3, 0.4) is 0 Å². The predicted molar refractivity (Wildman–Crippen MR) is 59.3 cm³/mol. The maximum atomic E-state index is 11.8. The number of aliphatic hydroxyl groups excluding tert-OH is 1. The van der Waals surface area contributed by atoms with Gasteiger partial charge in [0.15, 0.2) is 5.78 Å². The molecule has 3 heteroatoms. The number of carbonyl (C=O) groups is 1. The van der Waals surface area contributed by atoms with Crippen molar-refractivity contribution in [1.82, 2.24) is 0 Å². The second-order valence-corrected chi connectivity index (χ2v) is 3.99. The molecule has 0 aliphatic rings. The maximum absolute atomic E-state index is 11.8. The average Bonchev–Trinajstić information content (AvgIpc) is 2.20. The van der Waals surface area contributed by atoms with E-state index in [1.165, 1.54) is 0 Å². The van der Waals surface area contributed by atoms with Gasteiger partial charge in [0.1, 0.15) is 0 Å². The molecule has 0 aromatic heterocycles. The predicted octanol–water partition coefficient (Wildman–Crippen LogP) is 2.65. The quantitative estimate of drug-likeness (QED) is 0.842. The summed E-state index contributed by atoms with van der Waals surface area (Å²) in [4.78, 5) is 11.8. The first-order chi connectivity index (χ1) is 6.70. The molecule has 1 rings (SSSR count). The number of hydrogen-bond donors (Lipinski definition) is 1. The van der Waals surface area contributed by atoms with E-state index in [-0.39, 0.29) is 18.3 Å². The van der Waals surface area contributed by atoms with Crippen molar-refractivity contribution < 1.29 is 9.90 Å². The van der Waals surface area contributed by atoms with Crippen molar-refractivity contribution in [2.75, 3.05) is 6.61 Å². The number of Topliss-reactive ketones (excluding diaryl/α,β-unsaturated/α-hetero) is 1. The highest BCUT2D eigenvalue weighted by atomic mass is 79.9. The highest BCUT2D eigenvalue weighted by Crippen LogP contribution is 2.20. The summed E-state index contributed by atoms with van der Waals surface area (Å²) in [7, 11) is 0. The third-order valence-electron chi connectivity index (χ3n) is 2.22. The lowest BCUT2D eigenvalue weighted by molar-refractivity contribution is 0.0855. The molecule has 0 aliphatic carbocycles. The maximum Gasteiger partial charge on any atom is 0.169 e. The Labute approximate surface area is 92.1 Å². The molecule has 0 heterocycles. The Morgan fingerprint density at radius 3 is 2.64 bits per heavy atom. The zero-order valence-corrected chi connectivity index (χ0v) is 9.62. The van der Waals surface area contributed by atoms with Gasteiger partial charge in [-0.05, 0) is 12.5 Å². The van der Waals surface area contributed by atoms with Crippen LogP contribution in [0.25, 0.3) is 0 Å². The topological polar surface area (TPSA) is 37.3 Å². The van der Waals surface area contributed by atoms with E-state index in [4.69, 9.17) is 5.11 Å². The normalized spacial score (nSPS) is 12.5. The van der Waals surface area contributed by atoms with E-state index in [2.05, 4.69) is 15.9 Å². The van der Waals surface area contributed by atoms with Crippen molar-refractivity contribution in [1.29, 1.82) is 0 Å². The summed E-state index contributed by atoms with van der Waals surface area (Å²) in [5, 5.41) is 9.01. The largest absolute Gasteiger partial charge is 0.396 e. The molecule has 0 amide bonds.